The Labute approximate surface area is 114 Å². The topological polar surface area (TPSA) is 48.1 Å². The van der Waals surface area contributed by atoms with E-state index in [4.69, 9.17) is 10.5 Å². The average Bonchev–Trinajstić information content (AvgIpc) is 2.43. The van der Waals surface area contributed by atoms with Gasteiger partial charge >= 0.3 is 0 Å². The van der Waals surface area contributed by atoms with Crippen LogP contribution in [0.15, 0.2) is 36.7 Å². The molecule has 2 N–H and O–H groups in total. The van der Waals surface area contributed by atoms with Crippen molar-refractivity contribution >= 4 is 10.8 Å². The van der Waals surface area contributed by atoms with Crippen LogP contribution >= 0.6 is 0 Å². The van der Waals surface area contributed by atoms with Gasteiger partial charge in [0, 0.05) is 24.4 Å². The summed E-state index contributed by atoms with van der Waals surface area (Å²) < 4.78 is 5.83. The van der Waals surface area contributed by atoms with Crippen molar-refractivity contribution < 1.29 is 4.74 Å². The molecule has 0 spiro atoms. The number of nitrogens with zero attached hydrogens (tertiary/aromatic N) is 1. The van der Waals surface area contributed by atoms with Crippen molar-refractivity contribution in [1.29, 1.82) is 0 Å². The summed E-state index contributed by atoms with van der Waals surface area (Å²) in [4.78, 5) is 4.16. The Kier molecular flexibility index (Phi) is 4.51. The number of benzene rings is 1. The minimum absolute atomic E-state index is 0.0313. The Morgan fingerprint density at radius 2 is 2.05 bits per heavy atom. The molecule has 0 bridgehead atoms. The normalized spacial score (nSPS) is 14.8. The van der Waals surface area contributed by atoms with Crippen molar-refractivity contribution in [2.75, 3.05) is 6.61 Å². The summed E-state index contributed by atoms with van der Waals surface area (Å²) in [5.41, 5.74) is 7.58. The molecular weight excluding hydrogens is 236 g/mol. The van der Waals surface area contributed by atoms with E-state index in [-0.39, 0.29) is 12.1 Å². The molecule has 0 aliphatic carbocycles. The number of aromatic nitrogens is 1. The molecule has 3 heteroatoms. The molecule has 1 aromatic carbocycles. The fourth-order valence-electron chi connectivity index (χ4n) is 2.52. The third kappa shape index (κ3) is 2.94. The van der Waals surface area contributed by atoms with Crippen LogP contribution in [-0.2, 0) is 4.74 Å². The second kappa shape index (κ2) is 6.13. The number of hydrogen-bond donors (Lipinski definition) is 1. The summed E-state index contributed by atoms with van der Waals surface area (Å²) in [6.07, 6.45) is 3.71. The van der Waals surface area contributed by atoms with E-state index in [0.717, 1.165) is 16.3 Å². The summed E-state index contributed by atoms with van der Waals surface area (Å²) in [7, 11) is 0. The molecule has 0 aliphatic heterocycles. The van der Waals surface area contributed by atoms with Crippen molar-refractivity contribution in [1.82, 2.24) is 4.98 Å². The van der Waals surface area contributed by atoms with Crippen LogP contribution < -0.4 is 5.73 Å². The Morgan fingerprint density at radius 1 is 1.26 bits per heavy atom. The third-order valence-corrected chi connectivity index (χ3v) is 3.44. The first-order chi connectivity index (χ1) is 9.15. The number of rotatable bonds is 5. The molecule has 0 aliphatic rings. The Balaban J connectivity index is 2.42. The minimum Gasteiger partial charge on any atom is -0.376 e. The maximum absolute atomic E-state index is 6.45. The zero-order valence-electron chi connectivity index (χ0n) is 11.8. The largest absolute Gasteiger partial charge is 0.376 e. The van der Waals surface area contributed by atoms with Crippen LogP contribution in [0.25, 0.3) is 10.8 Å². The highest BCUT2D eigenvalue weighted by atomic mass is 16.5. The molecule has 1 heterocycles. The van der Waals surface area contributed by atoms with Crippen LogP contribution in [0.3, 0.4) is 0 Å². The van der Waals surface area contributed by atoms with Crippen LogP contribution in [0.2, 0.25) is 0 Å². The van der Waals surface area contributed by atoms with E-state index in [1.54, 1.807) is 0 Å². The maximum atomic E-state index is 6.45. The Hall–Kier alpha value is -1.45. The number of ether oxygens (including phenoxy) is 1. The van der Waals surface area contributed by atoms with E-state index in [1.165, 1.54) is 0 Å². The van der Waals surface area contributed by atoms with Crippen molar-refractivity contribution in [3.63, 3.8) is 0 Å². The van der Waals surface area contributed by atoms with Crippen molar-refractivity contribution in [2.45, 2.75) is 32.9 Å². The van der Waals surface area contributed by atoms with Gasteiger partial charge in [-0.1, -0.05) is 32.0 Å². The van der Waals surface area contributed by atoms with Gasteiger partial charge in [0.05, 0.1) is 12.1 Å². The van der Waals surface area contributed by atoms with E-state index in [1.807, 2.05) is 31.5 Å². The first kappa shape index (κ1) is 14.0. The highest BCUT2D eigenvalue weighted by Crippen LogP contribution is 2.28. The lowest BCUT2D eigenvalue weighted by Crippen LogP contribution is -2.33. The molecule has 0 amide bonds. The van der Waals surface area contributed by atoms with Gasteiger partial charge in [0.25, 0.3) is 0 Å². The smallest absolute Gasteiger partial charge is 0.0790 e. The predicted molar refractivity (Wildman–Crippen MR) is 78.9 cm³/mol. The molecule has 2 unspecified atom stereocenters. The van der Waals surface area contributed by atoms with Gasteiger partial charge in [-0.2, -0.15) is 0 Å². The first-order valence-corrected chi connectivity index (χ1v) is 6.85. The van der Waals surface area contributed by atoms with Gasteiger partial charge in [0.1, 0.15) is 0 Å². The van der Waals surface area contributed by atoms with Gasteiger partial charge in [-0.3, -0.25) is 4.98 Å². The molecule has 2 atom stereocenters. The lowest BCUT2D eigenvalue weighted by Gasteiger charge is -2.28. The molecule has 1 aromatic heterocycles. The average molecular weight is 258 g/mol. The highest BCUT2D eigenvalue weighted by molar-refractivity contribution is 5.85. The molecule has 19 heavy (non-hydrogen) atoms. The Morgan fingerprint density at radius 3 is 2.74 bits per heavy atom. The van der Waals surface area contributed by atoms with Crippen molar-refractivity contribution in [3.8, 4) is 0 Å². The van der Waals surface area contributed by atoms with Gasteiger partial charge in [-0.05, 0) is 29.9 Å². The maximum Gasteiger partial charge on any atom is 0.0790 e. The standard InChI is InChI=1S/C16H22N2O/c1-4-19-16(11(2)3)15(17)14-7-5-6-12-10-18-9-8-13(12)14/h5-11,15-16H,4,17H2,1-3H3. The molecular formula is C16H22N2O. The third-order valence-electron chi connectivity index (χ3n) is 3.44. The van der Waals surface area contributed by atoms with E-state index >= 15 is 0 Å². The van der Waals surface area contributed by atoms with E-state index in [2.05, 4.69) is 31.0 Å². The molecule has 0 radical (unpaired) electrons. The zero-order valence-corrected chi connectivity index (χ0v) is 11.8. The molecule has 0 fully saturated rings. The zero-order chi connectivity index (χ0) is 13.8. The SMILES string of the molecule is CCOC(C(C)C)C(N)c1cccc2cnccc12. The summed E-state index contributed by atoms with van der Waals surface area (Å²) in [5.74, 6) is 0.382. The van der Waals surface area contributed by atoms with Crippen LogP contribution in [-0.4, -0.2) is 17.7 Å². The summed E-state index contributed by atoms with van der Waals surface area (Å²) >= 11 is 0. The molecule has 2 rings (SSSR count). The van der Waals surface area contributed by atoms with Gasteiger partial charge in [-0.25, -0.2) is 0 Å². The monoisotopic (exact) mass is 258 g/mol. The van der Waals surface area contributed by atoms with E-state index in [9.17, 15) is 0 Å². The van der Waals surface area contributed by atoms with E-state index in [0.29, 0.717) is 12.5 Å². The van der Waals surface area contributed by atoms with Crippen LogP contribution in [0.5, 0.6) is 0 Å². The van der Waals surface area contributed by atoms with Crippen molar-refractivity contribution in [3.05, 3.63) is 42.2 Å². The van der Waals surface area contributed by atoms with Gasteiger partial charge in [0.2, 0.25) is 0 Å². The predicted octanol–water partition coefficient (Wildman–Crippen LogP) is 3.30. The molecule has 102 valence electrons. The van der Waals surface area contributed by atoms with Crippen LogP contribution in [0.1, 0.15) is 32.4 Å². The number of nitrogens with two attached hydrogens (primary N) is 1. The van der Waals surface area contributed by atoms with Crippen molar-refractivity contribution in [2.24, 2.45) is 11.7 Å². The number of fused-ring (bicyclic) bond motifs is 1. The molecule has 0 saturated carbocycles. The fraction of sp³-hybridized carbons (Fsp3) is 0.438. The summed E-state index contributed by atoms with van der Waals surface area (Å²) in [6.45, 7) is 6.98. The van der Waals surface area contributed by atoms with Crippen LogP contribution in [0, 0.1) is 5.92 Å². The quantitative estimate of drug-likeness (QED) is 0.895. The molecule has 0 saturated heterocycles. The Bertz CT molecular complexity index is 534. The lowest BCUT2D eigenvalue weighted by molar-refractivity contribution is 0.0124. The number of pyridine rings is 1. The van der Waals surface area contributed by atoms with E-state index < -0.39 is 0 Å². The van der Waals surface area contributed by atoms with Gasteiger partial charge in [-0.15, -0.1) is 0 Å². The summed E-state index contributed by atoms with van der Waals surface area (Å²) in [6, 6.07) is 8.08. The van der Waals surface area contributed by atoms with Gasteiger partial charge in [0.15, 0.2) is 0 Å². The van der Waals surface area contributed by atoms with Gasteiger partial charge < -0.3 is 10.5 Å². The molecule has 3 nitrogen and oxygen atoms in total. The fourth-order valence-corrected chi connectivity index (χ4v) is 2.52. The molecule has 2 aromatic rings. The second-order valence-corrected chi connectivity index (χ2v) is 5.13. The van der Waals surface area contributed by atoms with Crippen LogP contribution in [0.4, 0.5) is 0 Å². The highest BCUT2D eigenvalue weighted by Gasteiger charge is 2.24. The minimum atomic E-state index is -0.119. The lowest BCUT2D eigenvalue weighted by atomic mass is 9.91. The number of hydrogen-bond acceptors (Lipinski definition) is 3. The second-order valence-electron chi connectivity index (χ2n) is 5.13. The first-order valence-electron chi connectivity index (χ1n) is 6.85. The summed E-state index contributed by atoms with van der Waals surface area (Å²) in [5, 5.41) is 2.28.